The first-order valence-corrected chi connectivity index (χ1v) is 9.89. The third kappa shape index (κ3) is 4.72. The first-order chi connectivity index (χ1) is 13.0. The standard InChI is InChI=1S/C23H27ClN2O/c1-16(2)11-12-25-23(27)14-20(17-7-6-8-18(24)13-17)21-15-26(3)22-10-5-4-9-19(21)22/h4-10,13,15-16,20H,11-12,14H2,1-3H3,(H,25,27). The summed E-state index contributed by atoms with van der Waals surface area (Å²) in [5.74, 6) is 0.620. The quantitative estimate of drug-likeness (QED) is 0.573. The van der Waals surface area contributed by atoms with Crippen LogP contribution in [0.1, 0.15) is 43.7 Å². The Morgan fingerprint density at radius 2 is 1.93 bits per heavy atom. The van der Waals surface area contributed by atoms with Crippen LogP contribution in [-0.2, 0) is 11.8 Å². The molecule has 1 unspecified atom stereocenters. The molecule has 0 bridgehead atoms. The molecule has 0 aliphatic heterocycles. The van der Waals surface area contributed by atoms with Gasteiger partial charge in [-0.3, -0.25) is 4.79 Å². The van der Waals surface area contributed by atoms with E-state index in [1.807, 2.05) is 37.4 Å². The summed E-state index contributed by atoms with van der Waals surface area (Å²) in [5.41, 5.74) is 3.40. The molecular weight excluding hydrogens is 356 g/mol. The van der Waals surface area contributed by atoms with Gasteiger partial charge in [0.1, 0.15) is 0 Å². The van der Waals surface area contributed by atoms with Crippen LogP contribution in [0.5, 0.6) is 0 Å². The molecule has 1 aromatic heterocycles. The maximum atomic E-state index is 12.7. The fraction of sp³-hybridized carbons (Fsp3) is 0.348. The summed E-state index contributed by atoms with van der Waals surface area (Å²) < 4.78 is 2.12. The van der Waals surface area contributed by atoms with Crippen LogP contribution in [0.2, 0.25) is 5.02 Å². The Labute approximate surface area is 166 Å². The van der Waals surface area contributed by atoms with E-state index in [2.05, 4.69) is 48.1 Å². The summed E-state index contributed by atoms with van der Waals surface area (Å²) in [5, 5.41) is 4.95. The van der Waals surface area contributed by atoms with Crippen molar-refractivity contribution >= 4 is 28.4 Å². The highest BCUT2D eigenvalue weighted by Crippen LogP contribution is 2.35. The van der Waals surface area contributed by atoms with Crippen molar-refractivity contribution in [1.82, 2.24) is 9.88 Å². The van der Waals surface area contributed by atoms with Gasteiger partial charge in [-0.05, 0) is 41.7 Å². The Hall–Kier alpha value is -2.26. The predicted molar refractivity (Wildman–Crippen MR) is 113 cm³/mol. The molecule has 3 aromatic rings. The first kappa shape index (κ1) is 19.5. The Balaban J connectivity index is 1.94. The maximum absolute atomic E-state index is 12.7. The molecule has 0 radical (unpaired) electrons. The van der Waals surface area contributed by atoms with Crippen LogP contribution >= 0.6 is 11.6 Å². The molecule has 27 heavy (non-hydrogen) atoms. The van der Waals surface area contributed by atoms with E-state index in [4.69, 9.17) is 11.6 Å². The topological polar surface area (TPSA) is 34.0 Å². The molecule has 3 nitrogen and oxygen atoms in total. The van der Waals surface area contributed by atoms with Crippen molar-refractivity contribution in [3.63, 3.8) is 0 Å². The van der Waals surface area contributed by atoms with E-state index in [1.165, 1.54) is 10.9 Å². The normalized spacial score (nSPS) is 12.5. The van der Waals surface area contributed by atoms with E-state index in [0.717, 1.165) is 17.5 Å². The van der Waals surface area contributed by atoms with E-state index < -0.39 is 0 Å². The number of amides is 1. The van der Waals surface area contributed by atoms with Crippen molar-refractivity contribution in [2.24, 2.45) is 13.0 Å². The molecule has 0 spiro atoms. The van der Waals surface area contributed by atoms with E-state index in [-0.39, 0.29) is 11.8 Å². The zero-order chi connectivity index (χ0) is 19.4. The second-order valence-electron chi connectivity index (χ2n) is 7.56. The number of nitrogens with zero attached hydrogens (tertiary/aromatic N) is 1. The second kappa shape index (κ2) is 8.62. The third-order valence-electron chi connectivity index (χ3n) is 4.99. The zero-order valence-corrected chi connectivity index (χ0v) is 17.0. The van der Waals surface area contributed by atoms with Gasteiger partial charge >= 0.3 is 0 Å². The Morgan fingerprint density at radius 1 is 1.15 bits per heavy atom. The van der Waals surface area contributed by atoms with Gasteiger partial charge in [0.2, 0.25) is 5.91 Å². The highest BCUT2D eigenvalue weighted by Gasteiger charge is 2.22. The molecule has 1 atom stereocenters. The van der Waals surface area contributed by atoms with E-state index in [9.17, 15) is 4.79 Å². The highest BCUT2D eigenvalue weighted by atomic mass is 35.5. The van der Waals surface area contributed by atoms with Gasteiger partial charge in [-0.15, -0.1) is 0 Å². The van der Waals surface area contributed by atoms with Crippen LogP contribution in [0.4, 0.5) is 0 Å². The predicted octanol–water partition coefficient (Wildman–Crippen LogP) is 5.52. The monoisotopic (exact) mass is 382 g/mol. The fourth-order valence-electron chi connectivity index (χ4n) is 3.54. The van der Waals surface area contributed by atoms with E-state index in [0.29, 0.717) is 23.9 Å². The van der Waals surface area contributed by atoms with Gasteiger partial charge in [0.05, 0.1) is 0 Å². The molecule has 0 aliphatic carbocycles. The molecule has 2 aromatic carbocycles. The minimum Gasteiger partial charge on any atom is -0.356 e. The van der Waals surface area contributed by atoms with Crippen molar-refractivity contribution in [3.8, 4) is 0 Å². The zero-order valence-electron chi connectivity index (χ0n) is 16.2. The van der Waals surface area contributed by atoms with Gasteiger partial charge in [-0.1, -0.05) is 55.8 Å². The number of hydrogen-bond donors (Lipinski definition) is 1. The summed E-state index contributed by atoms with van der Waals surface area (Å²) in [4.78, 5) is 12.7. The maximum Gasteiger partial charge on any atom is 0.220 e. The SMILES string of the molecule is CC(C)CCNC(=O)CC(c1cccc(Cl)c1)c1cn(C)c2ccccc12. The van der Waals surface area contributed by atoms with Gasteiger partial charge in [0.15, 0.2) is 0 Å². The van der Waals surface area contributed by atoms with Gasteiger partial charge in [0, 0.05) is 48.1 Å². The molecule has 0 saturated heterocycles. The lowest BCUT2D eigenvalue weighted by molar-refractivity contribution is -0.121. The average Bonchev–Trinajstić information content (AvgIpc) is 2.96. The summed E-state index contributed by atoms with van der Waals surface area (Å²) in [7, 11) is 2.05. The van der Waals surface area contributed by atoms with Crippen LogP contribution < -0.4 is 5.32 Å². The lowest BCUT2D eigenvalue weighted by Gasteiger charge is -2.18. The van der Waals surface area contributed by atoms with Crippen molar-refractivity contribution in [2.45, 2.75) is 32.6 Å². The molecule has 1 amide bonds. The largest absolute Gasteiger partial charge is 0.356 e. The molecule has 4 heteroatoms. The van der Waals surface area contributed by atoms with Gasteiger partial charge < -0.3 is 9.88 Å². The number of halogens is 1. The summed E-state index contributed by atoms with van der Waals surface area (Å²) in [6.45, 7) is 5.04. The molecule has 1 N–H and O–H groups in total. The number of nitrogens with one attached hydrogen (secondary N) is 1. The van der Waals surface area contributed by atoms with Crippen LogP contribution in [0.15, 0.2) is 54.7 Å². The van der Waals surface area contributed by atoms with Crippen LogP contribution in [0.3, 0.4) is 0 Å². The Kier molecular flexibility index (Phi) is 6.22. The smallest absolute Gasteiger partial charge is 0.220 e. The number of carbonyl (C=O) groups is 1. The number of para-hydroxylation sites is 1. The van der Waals surface area contributed by atoms with Crippen LogP contribution in [-0.4, -0.2) is 17.0 Å². The fourth-order valence-corrected chi connectivity index (χ4v) is 3.74. The third-order valence-corrected chi connectivity index (χ3v) is 5.22. The van der Waals surface area contributed by atoms with Crippen LogP contribution in [0, 0.1) is 5.92 Å². The second-order valence-corrected chi connectivity index (χ2v) is 7.99. The van der Waals surface area contributed by atoms with Gasteiger partial charge in [-0.25, -0.2) is 0 Å². The van der Waals surface area contributed by atoms with Gasteiger partial charge in [0.25, 0.3) is 0 Å². The van der Waals surface area contributed by atoms with Crippen molar-refractivity contribution < 1.29 is 4.79 Å². The lowest BCUT2D eigenvalue weighted by Crippen LogP contribution is -2.27. The number of fused-ring (bicyclic) bond motifs is 1. The average molecular weight is 383 g/mol. The summed E-state index contributed by atoms with van der Waals surface area (Å²) >= 11 is 6.25. The van der Waals surface area contributed by atoms with Crippen molar-refractivity contribution in [2.75, 3.05) is 6.54 Å². The highest BCUT2D eigenvalue weighted by molar-refractivity contribution is 6.30. The number of aromatic nitrogens is 1. The minimum atomic E-state index is -0.0335. The van der Waals surface area contributed by atoms with E-state index >= 15 is 0 Å². The molecule has 3 rings (SSSR count). The van der Waals surface area contributed by atoms with Crippen LogP contribution in [0.25, 0.3) is 10.9 Å². The molecule has 0 aliphatic rings. The molecule has 0 saturated carbocycles. The Morgan fingerprint density at radius 3 is 2.67 bits per heavy atom. The summed E-state index contributed by atoms with van der Waals surface area (Å²) in [6, 6.07) is 16.2. The molecule has 142 valence electrons. The van der Waals surface area contributed by atoms with Crippen molar-refractivity contribution in [1.29, 1.82) is 0 Å². The first-order valence-electron chi connectivity index (χ1n) is 9.52. The number of benzene rings is 2. The number of rotatable bonds is 7. The minimum absolute atomic E-state index is 0.0335. The number of hydrogen-bond acceptors (Lipinski definition) is 1. The number of carbonyl (C=O) groups excluding carboxylic acids is 1. The molecular formula is C23H27ClN2O. The van der Waals surface area contributed by atoms with E-state index in [1.54, 1.807) is 0 Å². The lowest BCUT2D eigenvalue weighted by atomic mass is 9.88. The van der Waals surface area contributed by atoms with Crippen molar-refractivity contribution in [3.05, 3.63) is 70.9 Å². The van der Waals surface area contributed by atoms with Gasteiger partial charge in [-0.2, -0.15) is 0 Å². The summed E-state index contributed by atoms with van der Waals surface area (Å²) in [6.07, 6.45) is 3.53. The molecule has 0 fully saturated rings. The number of aryl methyl sites for hydroxylation is 1. The molecule has 1 heterocycles. The Bertz CT molecular complexity index is 929.